The third kappa shape index (κ3) is 0.871. The molecule has 3 nitrogen and oxygen atoms in total. The summed E-state index contributed by atoms with van der Waals surface area (Å²) in [7, 11) is 0. The van der Waals surface area contributed by atoms with Crippen LogP contribution in [-0.4, -0.2) is 10.8 Å². The van der Waals surface area contributed by atoms with Crippen LogP contribution in [0.4, 0.5) is 0 Å². The van der Waals surface area contributed by atoms with Gasteiger partial charge in [0.2, 0.25) is 0 Å². The number of rotatable bonds is 1. The van der Waals surface area contributed by atoms with Crippen molar-refractivity contribution in [2.75, 3.05) is 0 Å². The van der Waals surface area contributed by atoms with Crippen LogP contribution in [0.25, 0.3) is 10.9 Å². The van der Waals surface area contributed by atoms with Gasteiger partial charge in [0.15, 0.2) is 0 Å². The molecule has 0 aliphatic rings. The third-order valence-corrected chi connectivity index (χ3v) is 1.88. The smallest absolute Gasteiger partial charge is 0.124 e. The molecule has 0 fully saturated rings. The molecule has 2 aromatic rings. The molecule has 0 saturated heterocycles. The molecule has 1 aromatic heterocycles. The normalized spacial score (nSPS) is 10.3. The number of aromatic nitrogens is 1. The zero-order valence-electron chi connectivity index (χ0n) is 6.46. The second kappa shape index (κ2) is 2.37. The van der Waals surface area contributed by atoms with Gasteiger partial charge >= 0.3 is 0 Å². The fraction of sp³-hybridized carbons (Fsp3) is 0. The van der Waals surface area contributed by atoms with Gasteiger partial charge in [-0.3, -0.25) is 5.41 Å². The summed E-state index contributed by atoms with van der Waals surface area (Å²) in [6.45, 7) is 0. The Morgan fingerprint density at radius 1 is 1.33 bits per heavy atom. The second-order valence-corrected chi connectivity index (χ2v) is 2.66. The highest BCUT2D eigenvalue weighted by atomic mass is 14.7. The molecule has 0 radical (unpaired) electrons. The van der Waals surface area contributed by atoms with E-state index in [4.69, 9.17) is 11.1 Å². The number of fused-ring (bicyclic) bond motifs is 1. The molecule has 4 N–H and O–H groups in total. The maximum absolute atomic E-state index is 7.29. The van der Waals surface area contributed by atoms with Gasteiger partial charge in [-0.05, 0) is 6.07 Å². The van der Waals surface area contributed by atoms with Gasteiger partial charge in [-0.1, -0.05) is 18.2 Å². The largest absolute Gasteiger partial charge is 0.384 e. The SMILES string of the molecule is N=C(N)c1c[nH]c2ccccc12. The molecule has 0 unspecified atom stereocenters. The molecular formula is C9H9N3. The molecule has 1 aromatic carbocycles. The predicted molar refractivity (Wildman–Crippen MR) is 49.3 cm³/mol. The van der Waals surface area contributed by atoms with E-state index in [9.17, 15) is 0 Å². The molecule has 1 heterocycles. The lowest BCUT2D eigenvalue weighted by atomic mass is 10.2. The Hall–Kier alpha value is -1.77. The van der Waals surface area contributed by atoms with E-state index in [-0.39, 0.29) is 5.84 Å². The molecule has 0 bridgehead atoms. The van der Waals surface area contributed by atoms with Crippen molar-refractivity contribution < 1.29 is 0 Å². The van der Waals surface area contributed by atoms with Crippen LogP contribution in [0.1, 0.15) is 5.56 Å². The van der Waals surface area contributed by atoms with E-state index >= 15 is 0 Å². The number of nitrogens with one attached hydrogen (secondary N) is 2. The zero-order valence-corrected chi connectivity index (χ0v) is 6.46. The summed E-state index contributed by atoms with van der Waals surface area (Å²) in [5, 5.41) is 8.30. The van der Waals surface area contributed by atoms with Crippen LogP contribution in [0.3, 0.4) is 0 Å². The first-order valence-electron chi connectivity index (χ1n) is 3.69. The van der Waals surface area contributed by atoms with Gasteiger partial charge in [-0.15, -0.1) is 0 Å². The lowest BCUT2D eigenvalue weighted by Gasteiger charge is -1.92. The van der Waals surface area contributed by atoms with Crippen LogP contribution in [0.2, 0.25) is 0 Å². The first-order chi connectivity index (χ1) is 5.79. The van der Waals surface area contributed by atoms with Crippen molar-refractivity contribution in [1.82, 2.24) is 4.98 Å². The molecular weight excluding hydrogens is 150 g/mol. The second-order valence-electron chi connectivity index (χ2n) is 2.66. The van der Waals surface area contributed by atoms with E-state index in [1.807, 2.05) is 24.3 Å². The molecule has 60 valence electrons. The monoisotopic (exact) mass is 159 g/mol. The average molecular weight is 159 g/mol. The maximum atomic E-state index is 7.29. The van der Waals surface area contributed by atoms with Gasteiger partial charge in [0.25, 0.3) is 0 Å². The van der Waals surface area contributed by atoms with E-state index in [1.165, 1.54) is 0 Å². The first-order valence-corrected chi connectivity index (χ1v) is 3.69. The Kier molecular flexibility index (Phi) is 1.37. The van der Waals surface area contributed by atoms with Gasteiger partial charge in [-0.2, -0.15) is 0 Å². The first kappa shape index (κ1) is 6.91. The molecule has 0 atom stereocenters. The zero-order chi connectivity index (χ0) is 8.55. The van der Waals surface area contributed by atoms with Crippen LogP contribution in [0, 0.1) is 5.41 Å². The number of hydrogen-bond donors (Lipinski definition) is 3. The van der Waals surface area contributed by atoms with Gasteiger partial charge < -0.3 is 10.7 Å². The summed E-state index contributed by atoms with van der Waals surface area (Å²) in [6.07, 6.45) is 1.76. The van der Waals surface area contributed by atoms with Gasteiger partial charge in [0.1, 0.15) is 5.84 Å². The number of amidine groups is 1. The van der Waals surface area contributed by atoms with Crippen molar-refractivity contribution in [3.8, 4) is 0 Å². The van der Waals surface area contributed by atoms with Crippen molar-refractivity contribution in [3.05, 3.63) is 36.0 Å². The predicted octanol–water partition coefficient (Wildman–Crippen LogP) is 1.45. The number of H-pyrrole nitrogens is 1. The summed E-state index contributed by atoms with van der Waals surface area (Å²) in [6, 6.07) is 7.79. The summed E-state index contributed by atoms with van der Waals surface area (Å²) >= 11 is 0. The Balaban J connectivity index is 2.79. The van der Waals surface area contributed by atoms with Crippen molar-refractivity contribution >= 4 is 16.7 Å². The van der Waals surface area contributed by atoms with Crippen molar-refractivity contribution in [2.45, 2.75) is 0 Å². The van der Waals surface area contributed by atoms with Crippen molar-refractivity contribution in [1.29, 1.82) is 5.41 Å². The lowest BCUT2D eigenvalue weighted by Crippen LogP contribution is -2.09. The van der Waals surface area contributed by atoms with Gasteiger partial charge in [0, 0.05) is 22.7 Å². The molecule has 0 aliphatic heterocycles. The topological polar surface area (TPSA) is 65.7 Å². The number of nitrogen functional groups attached to an aromatic ring is 1. The van der Waals surface area contributed by atoms with Crippen LogP contribution in [0.5, 0.6) is 0 Å². The molecule has 0 spiro atoms. The van der Waals surface area contributed by atoms with E-state index in [0.29, 0.717) is 0 Å². The standard InChI is InChI=1S/C9H9N3/c10-9(11)7-5-12-8-4-2-1-3-6(7)8/h1-5,12H,(H3,10,11). The average Bonchev–Trinajstić information content (AvgIpc) is 2.47. The molecule has 0 saturated carbocycles. The molecule has 2 rings (SSSR count). The maximum Gasteiger partial charge on any atom is 0.124 e. The highest BCUT2D eigenvalue weighted by Crippen LogP contribution is 2.16. The Morgan fingerprint density at radius 3 is 2.83 bits per heavy atom. The lowest BCUT2D eigenvalue weighted by molar-refractivity contribution is 1.41. The molecule has 0 aliphatic carbocycles. The number of hydrogen-bond acceptors (Lipinski definition) is 1. The summed E-state index contributed by atoms with van der Waals surface area (Å²) in [4.78, 5) is 3.05. The Labute approximate surface area is 69.7 Å². The van der Waals surface area contributed by atoms with E-state index in [1.54, 1.807) is 6.20 Å². The fourth-order valence-corrected chi connectivity index (χ4v) is 1.29. The fourth-order valence-electron chi connectivity index (χ4n) is 1.29. The Bertz CT molecular complexity index is 428. The van der Waals surface area contributed by atoms with Crippen LogP contribution >= 0.6 is 0 Å². The summed E-state index contributed by atoms with van der Waals surface area (Å²) in [5.74, 6) is 0.104. The van der Waals surface area contributed by atoms with Crippen LogP contribution in [0.15, 0.2) is 30.5 Å². The number of benzene rings is 1. The van der Waals surface area contributed by atoms with Crippen molar-refractivity contribution in [2.24, 2.45) is 5.73 Å². The highest BCUT2D eigenvalue weighted by Gasteiger charge is 2.03. The highest BCUT2D eigenvalue weighted by molar-refractivity contribution is 6.07. The third-order valence-electron chi connectivity index (χ3n) is 1.88. The quantitative estimate of drug-likeness (QED) is 0.428. The minimum absolute atomic E-state index is 0.104. The van der Waals surface area contributed by atoms with Crippen LogP contribution < -0.4 is 5.73 Å². The van der Waals surface area contributed by atoms with Gasteiger partial charge in [-0.25, -0.2) is 0 Å². The number of para-hydroxylation sites is 1. The molecule has 0 amide bonds. The number of nitrogens with two attached hydrogens (primary N) is 1. The van der Waals surface area contributed by atoms with E-state index in [0.717, 1.165) is 16.5 Å². The van der Waals surface area contributed by atoms with Crippen molar-refractivity contribution in [3.63, 3.8) is 0 Å². The molecule has 12 heavy (non-hydrogen) atoms. The summed E-state index contributed by atoms with van der Waals surface area (Å²) < 4.78 is 0. The summed E-state index contributed by atoms with van der Waals surface area (Å²) in [5.41, 5.74) is 7.17. The van der Waals surface area contributed by atoms with Crippen LogP contribution in [-0.2, 0) is 0 Å². The minimum atomic E-state index is 0.104. The van der Waals surface area contributed by atoms with E-state index in [2.05, 4.69) is 4.98 Å². The van der Waals surface area contributed by atoms with Gasteiger partial charge in [0.05, 0.1) is 0 Å². The van der Waals surface area contributed by atoms with E-state index < -0.39 is 0 Å². The number of aromatic amines is 1. The molecule has 3 heteroatoms. The Morgan fingerprint density at radius 2 is 2.08 bits per heavy atom. The minimum Gasteiger partial charge on any atom is -0.384 e.